The van der Waals surface area contributed by atoms with Gasteiger partial charge in [0.15, 0.2) is 5.78 Å². The molecule has 0 unspecified atom stereocenters. The highest BCUT2D eigenvalue weighted by molar-refractivity contribution is 6.53. The number of hydrogen-bond acceptors (Lipinski definition) is 1. The summed E-state index contributed by atoms with van der Waals surface area (Å²) < 4.78 is -0.854. The molecule has 0 heterocycles. The Morgan fingerprint density at radius 1 is 1.29 bits per heavy atom. The van der Waals surface area contributed by atoms with Crippen LogP contribution in [0.2, 0.25) is 0 Å². The summed E-state index contributed by atoms with van der Waals surface area (Å²) in [4.78, 5) is 11.9. The van der Waals surface area contributed by atoms with Gasteiger partial charge >= 0.3 is 0 Å². The summed E-state index contributed by atoms with van der Waals surface area (Å²) >= 11 is 11.9. The molecule has 0 aromatic heterocycles. The number of Topliss-reactive ketones (excluding diaryl/α,β-unsaturated/α-hetero) is 1. The van der Waals surface area contributed by atoms with E-state index in [1.807, 2.05) is 25.1 Å². The van der Waals surface area contributed by atoms with Gasteiger partial charge in [-0.2, -0.15) is 0 Å². The fourth-order valence-corrected chi connectivity index (χ4v) is 2.37. The molecule has 0 spiro atoms. The van der Waals surface area contributed by atoms with E-state index in [2.05, 4.69) is 0 Å². The first-order chi connectivity index (χ1) is 6.55. The van der Waals surface area contributed by atoms with Gasteiger partial charge < -0.3 is 0 Å². The van der Waals surface area contributed by atoms with Gasteiger partial charge in [-0.1, -0.05) is 37.3 Å². The van der Waals surface area contributed by atoms with Gasteiger partial charge in [-0.25, -0.2) is 0 Å². The third-order valence-electron chi connectivity index (χ3n) is 2.75. The van der Waals surface area contributed by atoms with Crippen molar-refractivity contribution in [3.05, 3.63) is 35.9 Å². The predicted molar refractivity (Wildman–Crippen MR) is 57.9 cm³/mol. The highest BCUT2D eigenvalue weighted by Crippen LogP contribution is 2.59. The van der Waals surface area contributed by atoms with Crippen LogP contribution in [0, 0.1) is 11.8 Å². The Hall–Kier alpha value is -0.530. The maximum absolute atomic E-state index is 11.9. The lowest BCUT2D eigenvalue weighted by Crippen LogP contribution is -2.06. The molecule has 0 aliphatic heterocycles. The van der Waals surface area contributed by atoms with Crippen molar-refractivity contribution in [3.63, 3.8) is 0 Å². The van der Waals surface area contributed by atoms with Crippen molar-refractivity contribution in [2.45, 2.75) is 11.3 Å². The van der Waals surface area contributed by atoms with Crippen LogP contribution in [0.25, 0.3) is 0 Å². The van der Waals surface area contributed by atoms with Crippen molar-refractivity contribution in [1.29, 1.82) is 0 Å². The molecule has 0 amide bonds. The SMILES string of the molecule is C[C@@H]1[C@@H](C(=O)c2ccccc2)C1(Cl)Cl. The monoisotopic (exact) mass is 228 g/mol. The van der Waals surface area contributed by atoms with Gasteiger partial charge in [-0.15, -0.1) is 23.2 Å². The number of carbonyl (C=O) groups excluding carboxylic acids is 1. The van der Waals surface area contributed by atoms with Crippen LogP contribution in [-0.2, 0) is 0 Å². The molecule has 1 aromatic carbocycles. The maximum atomic E-state index is 11.9. The molecule has 1 aromatic rings. The number of alkyl halides is 2. The molecule has 1 fully saturated rings. The topological polar surface area (TPSA) is 17.1 Å². The molecule has 0 bridgehead atoms. The Morgan fingerprint density at radius 2 is 1.79 bits per heavy atom. The Morgan fingerprint density at radius 3 is 2.21 bits per heavy atom. The summed E-state index contributed by atoms with van der Waals surface area (Å²) in [5.74, 6) is -0.144. The van der Waals surface area contributed by atoms with E-state index in [1.54, 1.807) is 12.1 Å². The summed E-state index contributed by atoms with van der Waals surface area (Å²) in [7, 11) is 0. The Kier molecular flexibility index (Phi) is 2.32. The van der Waals surface area contributed by atoms with Crippen LogP contribution in [0.5, 0.6) is 0 Å². The molecule has 14 heavy (non-hydrogen) atoms. The van der Waals surface area contributed by atoms with Crippen LogP contribution in [0.15, 0.2) is 30.3 Å². The molecule has 3 heteroatoms. The molecule has 0 N–H and O–H groups in total. The number of ketones is 1. The summed E-state index contributed by atoms with van der Waals surface area (Å²) in [5.41, 5.74) is 0.688. The zero-order chi connectivity index (χ0) is 10.3. The second-order valence-electron chi connectivity index (χ2n) is 3.67. The average molecular weight is 229 g/mol. The van der Waals surface area contributed by atoms with E-state index in [9.17, 15) is 4.79 Å². The molecule has 1 aliphatic carbocycles. The largest absolute Gasteiger partial charge is 0.294 e. The smallest absolute Gasteiger partial charge is 0.169 e. The molecule has 1 aliphatic rings. The lowest BCUT2D eigenvalue weighted by Gasteiger charge is -1.99. The zero-order valence-electron chi connectivity index (χ0n) is 7.71. The minimum Gasteiger partial charge on any atom is -0.294 e. The van der Waals surface area contributed by atoms with Gasteiger partial charge in [0.05, 0.1) is 5.92 Å². The van der Waals surface area contributed by atoms with Crippen molar-refractivity contribution in [2.75, 3.05) is 0 Å². The number of carbonyl (C=O) groups is 1. The van der Waals surface area contributed by atoms with E-state index in [-0.39, 0.29) is 17.6 Å². The van der Waals surface area contributed by atoms with Crippen LogP contribution in [0.1, 0.15) is 17.3 Å². The quantitative estimate of drug-likeness (QED) is 0.561. The summed E-state index contributed by atoms with van der Waals surface area (Å²) in [5, 5.41) is 0. The summed E-state index contributed by atoms with van der Waals surface area (Å²) in [6.07, 6.45) is 0. The Bertz CT molecular complexity index is 359. The molecule has 0 saturated heterocycles. The van der Waals surface area contributed by atoms with Crippen LogP contribution in [0.3, 0.4) is 0 Å². The van der Waals surface area contributed by atoms with Gasteiger partial charge in [0, 0.05) is 11.5 Å². The minimum atomic E-state index is -0.854. The third kappa shape index (κ3) is 1.45. The van der Waals surface area contributed by atoms with Gasteiger partial charge in [0.2, 0.25) is 0 Å². The van der Waals surface area contributed by atoms with Crippen LogP contribution in [-0.4, -0.2) is 10.1 Å². The summed E-state index contributed by atoms with van der Waals surface area (Å²) in [6.45, 7) is 1.89. The van der Waals surface area contributed by atoms with Crippen molar-refractivity contribution in [1.82, 2.24) is 0 Å². The second kappa shape index (κ2) is 3.25. The second-order valence-corrected chi connectivity index (χ2v) is 5.12. The lowest BCUT2D eigenvalue weighted by atomic mass is 10.1. The van der Waals surface area contributed by atoms with Crippen molar-refractivity contribution >= 4 is 29.0 Å². The van der Waals surface area contributed by atoms with Crippen molar-refractivity contribution < 1.29 is 4.79 Å². The first kappa shape index (κ1) is 10.0. The normalized spacial score (nSPS) is 28.5. The predicted octanol–water partition coefficient (Wildman–Crippen LogP) is 3.31. The number of rotatable bonds is 2. The third-order valence-corrected chi connectivity index (χ3v) is 3.91. The Labute approximate surface area is 93.0 Å². The maximum Gasteiger partial charge on any atom is 0.169 e. The molecule has 0 radical (unpaired) electrons. The van der Waals surface area contributed by atoms with E-state index in [4.69, 9.17) is 23.2 Å². The van der Waals surface area contributed by atoms with Crippen LogP contribution < -0.4 is 0 Å². The molecule has 1 saturated carbocycles. The van der Waals surface area contributed by atoms with E-state index in [0.717, 1.165) is 0 Å². The highest BCUT2D eigenvalue weighted by Gasteiger charge is 2.64. The number of hydrogen-bond donors (Lipinski definition) is 0. The summed E-state index contributed by atoms with van der Waals surface area (Å²) in [6, 6.07) is 9.13. The number of halogens is 2. The van der Waals surface area contributed by atoms with Gasteiger partial charge in [-0.3, -0.25) is 4.79 Å². The van der Waals surface area contributed by atoms with Crippen molar-refractivity contribution in [2.24, 2.45) is 11.8 Å². The molecular formula is C11H10Cl2O. The Balaban J connectivity index is 2.20. The first-order valence-corrected chi connectivity index (χ1v) is 5.28. The minimum absolute atomic E-state index is 0.0445. The molecule has 1 nitrogen and oxygen atoms in total. The van der Waals surface area contributed by atoms with Crippen LogP contribution in [0.4, 0.5) is 0 Å². The molecule has 2 rings (SSSR count). The zero-order valence-corrected chi connectivity index (χ0v) is 9.22. The van der Waals surface area contributed by atoms with E-state index in [0.29, 0.717) is 5.56 Å². The van der Waals surface area contributed by atoms with E-state index in [1.165, 1.54) is 0 Å². The number of benzene rings is 1. The van der Waals surface area contributed by atoms with Gasteiger partial charge in [-0.05, 0) is 0 Å². The van der Waals surface area contributed by atoms with Crippen LogP contribution >= 0.6 is 23.2 Å². The van der Waals surface area contributed by atoms with E-state index >= 15 is 0 Å². The van der Waals surface area contributed by atoms with Gasteiger partial charge in [0.25, 0.3) is 0 Å². The lowest BCUT2D eigenvalue weighted by molar-refractivity contribution is 0.0961. The standard InChI is InChI=1S/C11H10Cl2O/c1-7-9(11(7,12)13)10(14)8-5-3-2-4-6-8/h2-7,9H,1H3/t7-,9+/m1/s1. The van der Waals surface area contributed by atoms with Gasteiger partial charge in [0.1, 0.15) is 4.33 Å². The molecule has 2 atom stereocenters. The molecular weight excluding hydrogens is 219 g/mol. The molecule has 74 valence electrons. The fraction of sp³-hybridized carbons (Fsp3) is 0.364. The average Bonchev–Trinajstić information content (AvgIpc) is 2.67. The van der Waals surface area contributed by atoms with E-state index < -0.39 is 4.33 Å². The highest BCUT2D eigenvalue weighted by atomic mass is 35.5. The first-order valence-electron chi connectivity index (χ1n) is 4.52. The fourth-order valence-electron chi connectivity index (χ4n) is 1.66. The van der Waals surface area contributed by atoms with Crippen molar-refractivity contribution in [3.8, 4) is 0 Å².